The first-order chi connectivity index (χ1) is 9.72. The lowest BCUT2D eigenvalue weighted by atomic mass is 9.72. The van der Waals surface area contributed by atoms with Gasteiger partial charge in [-0.25, -0.2) is 0 Å². The normalized spacial score (nSPS) is 26.9. The van der Waals surface area contributed by atoms with Gasteiger partial charge in [-0.2, -0.15) is 5.10 Å². The van der Waals surface area contributed by atoms with Crippen LogP contribution in [0.3, 0.4) is 0 Å². The maximum absolute atomic E-state index is 4.42. The van der Waals surface area contributed by atoms with E-state index in [0.29, 0.717) is 0 Å². The standard InChI is InChI=1S/C17H31N3/c1-4-8-18-12-16-7-6-14(3)9-17(16)10-15-11-19-20(5-2)13-15/h11,13-14,16-18H,4-10,12H2,1-3H3. The van der Waals surface area contributed by atoms with Gasteiger partial charge in [0.25, 0.3) is 0 Å². The van der Waals surface area contributed by atoms with Crippen molar-refractivity contribution < 1.29 is 0 Å². The lowest BCUT2D eigenvalue weighted by Gasteiger charge is -2.35. The Balaban J connectivity index is 1.92. The van der Waals surface area contributed by atoms with Crippen LogP contribution in [0.5, 0.6) is 0 Å². The molecular weight excluding hydrogens is 246 g/mol. The molecule has 0 aliphatic heterocycles. The van der Waals surface area contributed by atoms with Crippen LogP contribution in [0, 0.1) is 17.8 Å². The fourth-order valence-corrected chi connectivity index (χ4v) is 3.53. The van der Waals surface area contributed by atoms with Gasteiger partial charge < -0.3 is 5.32 Å². The second kappa shape index (κ2) is 7.82. The van der Waals surface area contributed by atoms with Crippen LogP contribution in [-0.4, -0.2) is 22.9 Å². The Morgan fingerprint density at radius 3 is 2.85 bits per heavy atom. The summed E-state index contributed by atoms with van der Waals surface area (Å²) >= 11 is 0. The van der Waals surface area contributed by atoms with E-state index in [1.165, 1.54) is 44.2 Å². The molecule has 1 fully saturated rings. The molecule has 1 N–H and O–H groups in total. The summed E-state index contributed by atoms with van der Waals surface area (Å²) in [6.45, 7) is 10.1. The minimum Gasteiger partial charge on any atom is -0.316 e. The van der Waals surface area contributed by atoms with Gasteiger partial charge in [-0.15, -0.1) is 0 Å². The summed E-state index contributed by atoms with van der Waals surface area (Å²) in [6, 6.07) is 0. The zero-order valence-electron chi connectivity index (χ0n) is 13.4. The average Bonchev–Trinajstić information content (AvgIpc) is 2.89. The molecule has 114 valence electrons. The van der Waals surface area contributed by atoms with Gasteiger partial charge >= 0.3 is 0 Å². The zero-order valence-corrected chi connectivity index (χ0v) is 13.4. The van der Waals surface area contributed by atoms with E-state index in [9.17, 15) is 0 Å². The molecule has 1 heterocycles. The average molecular weight is 277 g/mol. The number of rotatable bonds is 7. The number of hydrogen-bond donors (Lipinski definition) is 1. The number of aromatic nitrogens is 2. The van der Waals surface area contributed by atoms with Crippen LogP contribution in [0.4, 0.5) is 0 Å². The van der Waals surface area contributed by atoms with E-state index in [1.54, 1.807) is 0 Å². The van der Waals surface area contributed by atoms with Crippen molar-refractivity contribution in [2.24, 2.45) is 17.8 Å². The van der Waals surface area contributed by atoms with Gasteiger partial charge in [0.1, 0.15) is 0 Å². The summed E-state index contributed by atoms with van der Waals surface area (Å²) in [5, 5.41) is 8.05. The highest BCUT2D eigenvalue weighted by molar-refractivity contribution is 5.06. The van der Waals surface area contributed by atoms with Crippen LogP contribution in [0.15, 0.2) is 12.4 Å². The molecule has 0 radical (unpaired) electrons. The van der Waals surface area contributed by atoms with Crippen LogP contribution in [0.2, 0.25) is 0 Å². The zero-order chi connectivity index (χ0) is 14.4. The summed E-state index contributed by atoms with van der Waals surface area (Å²) < 4.78 is 2.05. The van der Waals surface area contributed by atoms with Gasteiger partial charge in [0, 0.05) is 12.7 Å². The second-order valence-electron chi connectivity index (χ2n) is 6.55. The minimum atomic E-state index is 0.831. The molecule has 3 heteroatoms. The molecule has 20 heavy (non-hydrogen) atoms. The molecule has 3 nitrogen and oxygen atoms in total. The second-order valence-corrected chi connectivity index (χ2v) is 6.55. The third-order valence-electron chi connectivity index (χ3n) is 4.74. The van der Waals surface area contributed by atoms with E-state index in [-0.39, 0.29) is 0 Å². The molecule has 0 amide bonds. The van der Waals surface area contributed by atoms with E-state index in [1.807, 2.05) is 4.68 Å². The largest absolute Gasteiger partial charge is 0.316 e. The monoisotopic (exact) mass is 277 g/mol. The van der Waals surface area contributed by atoms with E-state index in [4.69, 9.17) is 0 Å². The lowest BCUT2D eigenvalue weighted by molar-refractivity contribution is 0.184. The van der Waals surface area contributed by atoms with Gasteiger partial charge in [0.2, 0.25) is 0 Å². The molecule has 3 unspecified atom stereocenters. The smallest absolute Gasteiger partial charge is 0.0521 e. The van der Waals surface area contributed by atoms with Crippen molar-refractivity contribution in [1.82, 2.24) is 15.1 Å². The minimum absolute atomic E-state index is 0.831. The van der Waals surface area contributed by atoms with Crippen LogP contribution in [0.1, 0.15) is 52.0 Å². The van der Waals surface area contributed by atoms with E-state index in [0.717, 1.165) is 30.8 Å². The van der Waals surface area contributed by atoms with E-state index < -0.39 is 0 Å². The number of nitrogens with one attached hydrogen (secondary N) is 1. The Labute approximate surface area is 124 Å². The summed E-state index contributed by atoms with van der Waals surface area (Å²) in [6.07, 6.45) is 10.9. The molecule has 1 aliphatic rings. The summed E-state index contributed by atoms with van der Waals surface area (Å²) in [4.78, 5) is 0. The maximum atomic E-state index is 4.42. The molecule has 1 aromatic rings. The Bertz CT molecular complexity index is 385. The molecule has 2 rings (SSSR count). The predicted octanol–water partition coefficient (Wildman–Crippen LogP) is 3.50. The first-order valence-electron chi connectivity index (χ1n) is 8.45. The van der Waals surface area contributed by atoms with Gasteiger partial charge in [-0.3, -0.25) is 4.68 Å². The third kappa shape index (κ3) is 4.34. The topological polar surface area (TPSA) is 29.9 Å². The predicted molar refractivity (Wildman–Crippen MR) is 84.8 cm³/mol. The van der Waals surface area contributed by atoms with Gasteiger partial charge in [0.05, 0.1) is 6.20 Å². The number of aryl methyl sites for hydroxylation is 1. The molecule has 0 aromatic carbocycles. The molecule has 1 saturated carbocycles. The van der Waals surface area contributed by atoms with Crippen LogP contribution >= 0.6 is 0 Å². The van der Waals surface area contributed by atoms with Crippen molar-refractivity contribution >= 4 is 0 Å². The van der Waals surface area contributed by atoms with Crippen LogP contribution in [0.25, 0.3) is 0 Å². The lowest BCUT2D eigenvalue weighted by Crippen LogP contribution is -2.34. The van der Waals surface area contributed by atoms with E-state index in [2.05, 4.69) is 43.6 Å². The third-order valence-corrected chi connectivity index (χ3v) is 4.74. The first-order valence-corrected chi connectivity index (χ1v) is 8.45. The molecule has 0 saturated heterocycles. The Morgan fingerprint density at radius 2 is 2.15 bits per heavy atom. The highest BCUT2D eigenvalue weighted by Gasteiger charge is 2.28. The molecule has 3 atom stereocenters. The van der Waals surface area contributed by atoms with E-state index >= 15 is 0 Å². The summed E-state index contributed by atoms with van der Waals surface area (Å²) in [7, 11) is 0. The molecule has 1 aromatic heterocycles. The SMILES string of the molecule is CCCNCC1CCC(C)CC1Cc1cnn(CC)c1. The van der Waals surface area contributed by atoms with Gasteiger partial charge in [-0.05, 0) is 69.0 Å². The van der Waals surface area contributed by atoms with Crippen LogP contribution < -0.4 is 5.32 Å². The summed E-state index contributed by atoms with van der Waals surface area (Å²) in [5.41, 5.74) is 1.42. The van der Waals surface area contributed by atoms with Gasteiger partial charge in [0.15, 0.2) is 0 Å². The summed E-state index contributed by atoms with van der Waals surface area (Å²) in [5.74, 6) is 2.57. The number of hydrogen-bond acceptors (Lipinski definition) is 2. The molecular formula is C17H31N3. The Hall–Kier alpha value is -0.830. The molecule has 1 aliphatic carbocycles. The fraction of sp³-hybridized carbons (Fsp3) is 0.824. The Morgan fingerprint density at radius 1 is 1.30 bits per heavy atom. The van der Waals surface area contributed by atoms with Crippen molar-refractivity contribution in [2.45, 2.75) is 59.4 Å². The molecule has 0 spiro atoms. The Kier molecular flexibility index (Phi) is 6.08. The van der Waals surface area contributed by atoms with Crippen molar-refractivity contribution in [1.29, 1.82) is 0 Å². The van der Waals surface area contributed by atoms with Crippen LogP contribution in [-0.2, 0) is 13.0 Å². The highest BCUT2D eigenvalue weighted by atomic mass is 15.3. The quantitative estimate of drug-likeness (QED) is 0.773. The highest BCUT2D eigenvalue weighted by Crippen LogP contribution is 2.35. The van der Waals surface area contributed by atoms with Gasteiger partial charge in [-0.1, -0.05) is 20.3 Å². The van der Waals surface area contributed by atoms with Crippen molar-refractivity contribution in [3.05, 3.63) is 18.0 Å². The maximum Gasteiger partial charge on any atom is 0.0521 e. The fourth-order valence-electron chi connectivity index (χ4n) is 3.53. The molecule has 0 bridgehead atoms. The van der Waals surface area contributed by atoms with Crippen molar-refractivity contribution in [3.8, 4) is 0 Å². The van der Waals surface area contributed by atoms with Crippen molar-refractivity contribution in [2.75, 3.05) is 13.1 Å². The van der Waals surface area contributed by atoms with Crippen molar-refractivity contribution in [3.63, 3.8) is 0 Å². The first kappa shape index (κ1) is 15.6. The number of nitrogens with zero attached hydrogens (tertiary/aromatic N) is 2.